The number of hydrogen-bond donors (Lipinski definition) is 1. The Morgan fingerprint density at radius 3 is 2.70 bits per heavy atom. The number of allylic oxidation sites excluding steroid dienone is 1. The fourth-order valence-electron chi connectivity index (χ4n) is 4.60. The van der Waals surface area contributed by atoms with Gasteiger partial charge in [0.2, 0.25) is 5.89 Å². The fourth-order valence-corrected chi connectivity index (χ4v) is 4.60. The minimum Gasteiger partial charge on any atom is -0.466 e. The zero-order valence-corrected chi connectivity index (χ0v) is 25.7. The van der Waals surface area contributed by atoms with Crippen LogP contribution in [-0.4, -0.2) is 61.6 Å². The molecule has 1 amide bonds. The normalized spacial score (nSPS) is 18.5. The number of ether oxygens (including phenoxy) is 4. The third-order valence-corrected chi connectivity index (χ3v) is 6.83. The number of carbonyl (C=O) groups excluding carboxylic acids is 3. The topological polar surface area (TPSA) is 126 Å². The van der Waals surface area contributed by atoms with Gasteiger partial charge in [0.05, 0.1) is 38.0 Å². The van der Waals surface area contributed by atoms with E-state index in [0.29, 0.717) is 38.2 Å². The number of benzene rings is 1. The van der Waals surface area contributed by atoms with Crippen molar-refractivity contribution in [3.05, 3.63) is 78.0 Å². The van der Waals surface area contributed by atoms with Crippen LogP contribution in [-0.2, 0) is 35.0 Å². The number of rotatable bonds is 17. The van der Waals surface area contributed by atoms with Gasteiger partial charge in [-0.2, -0.15) is 0 Å². The summed E-state index contributed by atoms with van der Waals surface area (Å²) in [7, 11) is 1.30. The zero-order valence-electron chi connectivity index (χ0n) is 25.7. The molecule has 10 nitrogen and oxygen atoms in total. The molecule has 1 saturated heterocycles. The Kier molecular flexibility index (Phi) is 15.5. The minimum absolute atomic E-state index is 0.115. The molecule has 10 heteroatoms. The van der Waals surface area contributed by atoms with Crippen LogP contribution in [0.3, 0.4) is 0 Å². The quantitative estimate of drug-likeness (QED) is 0.0964. The van der Waals surface area contributed by atoms with Crippen LogP contribution < -0.4 is 5.32 Å². The lowest BCUT2D eigenvalue weighted by atomic mass is 9.98. The largest absolute Gasteiger partial charge is 0.466 e. The number of oxazole rings is 1. The van der Waals surface area contributed by atoms with E-state index in [1.807, 2.05) is 42.5 Å². The number of alkyl carbamates (subject to hydrolysis) is 1. The van der Waals surface area contributed by atoms with Gasteiger partial charge in [-0.3, -0.25) is 4.79 Å². The predicted molar refractivity (Wildman–Crippen MR) is 166 cm³/mol. The Balaban J connectivity index is 1.47. The number of aryl methyl sites for hydroxylation is 1. The average Bonchev–Trinajstić information content (AvgIpc) is 3.48. The molecule has 0 saturated carbocycles. The fraction of sp³-hybridized carbons (Fsp3) is 0.471. The summed E-state index contributed by atoms with van der Waals surface area (Å²) in [5.74, 6) is -0.323. The van der Waals surface area contributed by atoms with Crippen LogP contribution in [0.5, 0.6) is 0 Å². The molecule has 2 heterocycles. The third kappa shape index (κ3) is 13.9. The summed E-state index contributed by atoms with van der Waals surface area (Å²) in [5, 5.41) is 2.53. The van der Waals surface area contributed by atoms with Crippen molar-refractivity contribution in [1.29, 1.82) is 0 Å². The molecular weight excluding hydrogens is 564 g/mol. The predicted octanol–water partition coefficient (Wildman–Crippen LogP) is 6.22. The first-order valence-corrected chi connectivity index (χ1v) is 15.3. The van der Waals surface area contributed by atoms with E-state index < -0.39 is 24.3 Å². The summed E-state index contributed by atoms with van der Waals surface area (Å²) in [6.07, 6.45) is 16.7. The van der Waals surface area contributed by atoms with Crippen LogP contribution in [0.1, 0.15) is 75.4 Å². The van der Waals surface area contributed by atoms with Crippen molar-refractivity contribution in [1.82, 2.24) is 10.3 Å². The summed E-state index contributed by atoms with van der Waals surface area (Å²) >= 11 is 0. The number of methoxy groups -OCH3 is 1. The number of aromatic nitrogens is 1. The molecule has 0 aliphatic carbocycles. The van der Waals surface area contributed by atoms with E-state index >= 15 is 0 Å². The zero-order chi connectivity index (χ0) is 31.4. The van der Waals surface area contributed by atoms with Crippen LogP contribution in [0, 0.1) is 0 Å². The molecule has 3 atom stereocenters. The second-order valence-electron chi connectivity index (χ2n) is 10.5. The molecule has 2 aromatic rings. The standard InChI is InChI=1S/C34H44N2O8/c1-3-4-5-11-21-41-33(38)24-30-23-29(22-28(43-30)19-18-26-13-7-6-8-14-26)44-32(37)17-10-9-15-27-25-42-31(36-27)16-12-20-35-34(39)40-2/h6-8,10,12-14,16-19,25,28-30H,3-5,9,11,15,20-24H2,1-2H3,(H,35,39)/b16-12+,17-10+,19-18+/t28-,29-,30-/m1/s1. The summed E-state index contributed by atoms with van der Waals surface area (Å²) in [6.45, 7) is 2.84. The van der Waals surface area contributed by atoms with Crippen LogP contribution in [0.4, 0.5) is 4.79 Å². The van der Waals surface area contributed by atoms with Gasteiger partial charge in [0, 0.05) is 25.5 Å². The Hall–Kier alpha value is -4.18. The Morgan fingerprint density at radius 2 is 1.91 bits per heavy atom. The van der Waals surface area contributed by atoms with E-state index in [-0.39, 0.29) is 25.0 Å². The van der Waals surface area contributed by atoms with E-state index in [1.54, 1.807) is 24.5 Å². The first-order valence-electron chi connectivity index (χ1n) is 15.3. The van der Waals surface area contributed by atoms with Crippen molar-refractivity contribution in [3.63, 3.8) is 0 Å². The number of amides is 1. The molecule has 238 valence electrons. The van der Waals surface area contributed by atoms with Crippen molar-refractivity contribution < 1.29 is 37.7 Å². The lowest BCUT2D eigenvalue weighted by Gasteiger charge is -2.33. The summed E-state index contributed by atoms with van der Waals surface area (Å²) in [4.78, 5) is 40.5. The van der Waals surface area contributed by atoms with E-state index in [0.717, 1.165) is 36.9 Å². The number of unbranched alkanes of at least 4 members (excludes halogenated alkanes) is 3. The SMILES string of the molecule is CCCCCCOC(=O)C[C@H]1C[C@H](OC(=O)/C=C/CCc2coc(/C=C/CNC(=O)OC)n2)C[C@@H](/C=C/c2ccccc2)O1. The third-order valence-electron chi connectivity index (χ3n) is 6.83. The van der Waals surface area contributed by atoms with E-state index in [2.05, 4.69) is 22.0 Å². The van der Waals surface area contributed by atoms with Gasteiger partial charge in [0.15, 0.2) is 0 Å². The lowest BCUT2D eigenvalue weighted by molar-refractivity contribution is -0.159. The molecule has 44 heavy (non-hydrogen) atoms. The summed E-state index contributed by atoms with van der Waals surface area (Å²) in [5.41, 5.74) is 1.77. The van der Waals surface area contributed by atoms with Gasteiger partial charge >= 0.3 is 18.0 Å². The Morgan fingerprint density at radius 1 is 1.07 bits per heavy atom. The van der Waals surface area contributed by atoms with E-state index in [1.165, 1.54) is 13.2 Å². The van der Waals surface area contributed by atoms with Gasteiger partial charge in [0.1, 0.15) is 12.4 Å². The van der Waals surface area contributed by atoms with Crippen LogP contribution >= 0.6 is 0 Å². The maximum Gasteiger partial charge on any atom is 0.407 e. The Bertz CT molecular complexity index is 1240. The molecule has 0 bridgehead atoms. The smallest absolute Gasteiger partial charge is 0.407 e. The van der Waals surface area contributed by atoms with Crippen LogP contribution in [0.15, 0.2) is 65.3 Å². The molecule has 1 fully saturated rings. The van der Waals surface area contributed by atoms with Gasteiger partial charge in [-0.15, -0.1) is 0 Å². The second kappa shape index (κ2) is 19.9. The number of hydrogen-bond acceptors (Lipinski definition) is 9. The van der Waals surface area contributed by atoms with Gasteiger partial charge in [-0.05, 0) is 30.9 Å². The monoisotopic (exact) mass is 608 g/mol. The van der Waals surface area contributed by atoms with Crippen LogP contribution in [0.2, 0.25) is 0 Å². The van der Waals surface area contributed by atoms with E-state index in [4.69, 9.17) is 18.6 Å². The maximum atomic E-state index is 12.6. The lowest BCUT2D eigenvalue weighted by Crippen LogP contribution is -2.38. The average molecular weight is 609 g/mol. The molecule has 0 unspecified atom stereocenters. The minimum atomic E-state index is -0.516. The number of esters is 2. The molecular formula is C34H44N2O8. The van der Waals surface area contributed by atoms with Gasteiger partial charge in [0.25, 0.3) is 0 Å². The molecule has 1 aromatic carbocycles. The van der Waals surface area contributed by atoms with Crippen molar-refractivity contribution in [2.75, 3.05) is 20.3 Å². The molecule has 0 spiro atoms. The highest BCUT2D eigenvalue weighted by molar-refractivity contribution is 5.82. The number of nitrogens with one attached hydrogen (secondary N) is 1. The second-order valence-corrected chi connectivity index (χ2v) is 10.5. The van der Waals surface area contributed by atoms with Crippen molar-refractivity contribution in [2.24, 2.45) is 0 Å². The highest BCUT2D eigenvalue weighted by atomic mass is 16.6. The summed E-state index contributed by atoms with van der Waals surface area (Å²) < 4.78 is 27.3. The molecule has 1 aromatic heterocycles. The maximum absolute atomic E-state index is 12.6. The first kappa shape index (κ1) is 34.3. The highest BCUT2D eigenvalue weighted by Crippen LogP contribution is 2.26. The first-order chi connectivity index (χ1) is 21.4. The highest BCUT2D eigenvalue weighted by Gasteiger charge is 2.32. The van der Waals surface area contributed by atoms with Gasteiger partial charge in [-0.1, -0.05) is 80.8 Å². The van der Waals surface area contributed by atoms with E-state index in [9.17, 15) is 14.4 Å². The molecule has 1 N–H and O–H groups in total. The van der Waals surface area contributed by atoms with Crippen LogP contribution in [0.25, 0.3) is 12.2 Å². The summed E-state index contributed by atoms with van der Waals surface area (Å²) in [6, 6.07) is 9.87. The number of nitrogens with zero attached hydrogens (tertiary/aromatic N) is 1. The molecule has 1 aliphatic heterocycles. The van der Waals surface area contributed by atoms with Gasteiger partial charge < -0.3 is 28.7 Å². The molecule has 1 aliphatic rings. The van der Waals surface area contributed by atoms with Crippen molar-refractivity contribution in [2.45, 2.75) is 83.0 Å². The number of carbonyl (C=O) groups is 3. The van der Waals surface area contributed by atoms with Gasteiger partial charge in [-0.25, -0.2) is 14.6 Å². The molecule has 3 rings (SSSR count). The van der Waals surface area contributed by atoms with Crippen molar-refractivity contribution >= 4 is 30.2 Å². The van der Waals surface area contributed by atoms with Crippen molar-refractivity contribution in [3.8, 4) is 0 Å². The Labute approximate surface area is 259 Å². The molecule has 0 radical (unpaired) electrons.